The SMILES string of the molecule is CCN1CC2C3C(=O)N(Cc4ccccc4)C(=O)C3[C@](Cc3ccccc3)(C1=O)N2C(=O)c1ccc(Cl)cc1. The number of halogens is 1. The van der Waals surface area contributed by atoms with Crippen LogP contribution in [0, 0.1) is 11.8 Å². The Labute approximate surface area is 232 Å². The zero-order chi connectivity index (χ0) is 27.3. The minimum atomic E-state index is -1.53. The second-order valence-corrected chi connectivity index (χ2v) is 10.9. The molecule has 8 heteroatoms. The number of rotatable bonds is 6. The molecule has 4 amide bonds. The predicted molar refractivity (Wildman–Crippen MR) is 146 cm³/mol. The number of carbonyl (C=O) groups is 4. The van der Waals surface area contributed by atoms with Gasteiger partial charge in [0.1, 0.15) is 5.54 Å². The number of piperazine rings is 1. The molecule has 39 heavy (non-hydrogen) atoms. The maximum atomic E-state index is 14.4. The minimum Gasteiger partial charge on any atom is -0.339 e. The van der Waals surface area contributed by atoms with Crippen LogP contribution in [0.25, 0.3) is 0 Å². The van der Waals surface area contributed by atoms with Gasteiger partial charge in [0.25, 0.3) is 5.91 Å². The zero-order valence-corrected chi connectivity index (χ0v) is 22.3. The molecular weight excluding hydrogens is 514 g/mol. The van der Waals surface area contributed by atoms with Crippen molar-refractivity contribution in [3.05, 3.63) is 107 Å². The number of amides is 4. The van der Waals surface area contributed by atoms with Gasteiger partial charge in [0.15, 0.2) is 0 Å². The number of likely N-dealkylation sites (tertiary alicyclic amines) is 2. The van der Waals surface area contributed by atoms with Gasteiger partial charge in [-0.3, -0.25) is 24.1 Å². The van der Waals surface area contributed by atoms with Crippen molar-refractivity contribution in [2.75, 3.05) is 13.1 Å². The summed E-state index contributed by atoms with van der Waals surface area (Å²) in [5.74, 6) is -3.16. The number of fused-ring (bicyclic) bond motifs is 5. The highest BCUT2D eigenvalue weighted by molar-refractivity contribution is 6.30. The molecule has 0 spiro atoms. The number of hydrogen-bond donors (Lipinski definition) is 0. The smallest absolute Gasteiger partial charge is 0.255 e. The Bertz CT molecular complexity index is 1450. The molecule has 3 unspecified atom stereocenters. The first kappa shape index (κ1) is 25.3. The maximum Gasteiger partial charge on any atom is 0.255 e. The van der Waals surface area contributed by atoms with Gasteiger partial charge in [-0.25, -0.2) is 0 Å². The highest BCUT2D eigenvalue weighted by Crippen LogP contribution is 2.54. The second-order valence-electron chi connectivity index (χ2n) is 10.4. The van der Waals surface area contributed by atoms with Gasteiger partial charge in [0, 0.05) is 30.1 Å². The molecule has 0 N–H and O–H groups in total. The second kappa shape index (κ2) is 9.65. The monoisotopic (exact) mass is 541 g/mol. The highest BCUT2D eigenvalue weighted by atomic mass is 35.5. The molecule has 0 aromatic heterocycles. The summed E-state index contributed by atoms with van der Waals surface area (Å²) in [5.41, 5.74) is 0.483. The van der Waals surface area contributed by atoms with Crippen LogP contribution in [0.5, 0.6) is 0 Å². The van der Waals surface area contributed by atoms with E-state index in [0.29, 0.717) is 17.1 Å². The van der Waals surface area contributed by atoms with Crippen LogP contribution in [0.4, 0.5) is 0 Å². The average Bonchev–Trinajstić information content (AvgIpc) is 3.33. The van der Waals surface area contributed by atoms with Crippen LogP contribution >= 0.6 is 11.6 Å². The van der Waals surface area contributed by atoms with Crippen LogP contribution < -0.4 is 0 Å². The fourth-order valence-electron chi connectivity index (χ4n) is 6.70. The molecule has 4 atom stereocenters. The summed E-state index contributed by atoms with van der Waals surface area (Å²) in [4.78, 5) is 61.4. The van der Waals surface area contributed by atoms with E-state index < -0.39 is 29.3 Å². The quantitative estimate of drug-likeness (QED) is 0.445. The summed E-state index contributed by atoms with van der Waals surface area (Å²) in [6.07, 6.45) is 0.137. The van der Waals surface area contributed by atoms with Crippen molar-refractivity contribution in [2.45, 2.75) is 31.5 Å². The van der Waals surface area contributed by atoms with Crippen molar-refractivity contribution in [1.29, 1.82) is 0 Å². The van der Waals surface area contributed by atoms with Crippen molar-refractivity contribution in [3.8, 4) is 0 Å². The summed E-state index contributed by atoms with van der Waals surface area (Å²) in [6, 6.07) is 24.6. The first-order valence-electron chi connectivity index (χ1n) is 13.2. The number of imide groups is 1. The summed E-state index contributed by atoms with van der Waals surface area (Å²) in [6.45, 7) is 2.64. The molecule has 3 heterocycles. The Morgan fingerprint density at radius 2 is 1.49 bits per heavy atom. The van der Waals surface area contributed by atoms with Crippen LogP contribution in [-0.2, 0) is 27.3 Å². The lowest BCUT2D eigenvalue weighted by Gasteiger charge is -2.49. The van der Waals surface area contributed by atoms with Crippen LogP contribution in [0.2, 0.25) is 5.02 Å². The molecule has 0 saturated carbocycles. The standard InChI is InChI=1S/C31H28ClN3O4/c1-2-33-19-24-25-26(29(38)34(28(25)37)18-21-11-7-4-8-12-21)31(30(33)39,17-20-9-5-3-6-10-20)35(24)27(36)22-13-15-23(32)16-14-22/h3-16,24-26H,2,17-19H2,1H3/t24?,25?,26?,31-/m1/s1. The fraction of sp³-hybridized carbons (Fsp3) is 0.290. The largest absolute Gasteiger partial charge is 0.339 e. The minimum absolute atomic E-state index is 0.135. The van der Waals surface area contributed by atoms with Gasteiger partial charge < -0.3 is 9.80 Å². The van der Waals surface area contributed by atoms with Gasteiger partial charge in [-0.05, 0) is 42.3 Å². The molecule has 2 bridgehead atoms. The lowest BCUT2D eigenvalue weighted by Crippen LogP contribution is -2.70. The van der Waals surface area contributed by atoms with Crippen LogP contribution in [0.15, 0.2) is 84.9 Å². The van der Waals surface area contributed by atoms with E-state index in [1.807, 2.05) is 67.6 Å². The molecule has 3 aromatic rings. The summed E-state index contributed by atoms with van der Waals surface area (Å²) >= 11 is 6.09. The number of benzene rings is 3. The van der Waals surface area contributed by atoms with E-state index in [1.54, 1.807) is 34.1 Å². The number of hydrogen-bond acceptors (Lipinski definition) is 4. The predicted octanol–water partition coefficient (Wildman–Crippen LogP) is 3.81. The Morgan fingerprint density at radius 1 is 0.872 bits per heavy atom. The molecule has 3 saturated heterocycles. The molecule has 7 nitrogen and oxygen atoms in total. The van der Waals surface area contributed by atoms with Crippen LogP contribution in [0.1, 0.15) is 28.4 Å². The third kappa shape index (κ3) is 3.87. The summed E-state index contributed by atoms with van der Waals surface area (Å²) in [5, 5.41) is 0.485. The molecule has 198 valence electrons. The van der Waals surface area contributed by atoms with E-state index in [9.17, 15) is 19.2 Å². The van der Waals surface area contributed by atoms with E-state index in [2.05, 4.69) is 0 Å². The van der Waals surface area contributed by atoms with Crippen molar-refractivity contribution >= 4 is 35.2 Å². The van der Waals surface area contributed by atoms with Crippen LogP contribution in [0.3, 0.4) is 0 Å². The van der Waals surface area contributed by atoms with Crippen molar-refractivity contribution in [3.63, 3.8) is 0 Å². The summed E-state index contributed by atoms with van der Waals surface area (Å²) < 4.78 is 0. The average molecular weight is 542 g/mol. The van der Waals surface area contributed by atoms with Gasteiger partial charge >= 0.3 is 0 Å². The molecule has 6 rings (SSSR count). The number of likely N-dealkylation sites (N-methyl/N-ethyl adjacent to an activating group) is 1. The molecule has 3 fully saturated rings. The van der Waals surface area contributed by atoms with Crippen molar-refractivity contribution in [2.24, 2.45) is 11.8 Å². The molecular formula is C31H28ClN3O4. The Morgan fingerprint density at radius 3 is 2.10 bits per heavy atom. The van der Waals surface area contributed by atoms with Gasteiger partial charge in [-0.15, -0.1) is 0 Å². The van der Waals surface area contributed by atoms with E-state index in [1.165, 1.54) is 4.90 Å². The maximum absolute atomic E-state index is 14.4. The Balaban J connectivity index is 1.51. The first-order chi connectivity index (χ1) is 18.9. The lowest BCUT2D eigenvalue weighted by atomic mass is 9.75. The van der Waals surface area contributed by atoms with Crippen molar-refractivity contribution in [1.82, 2.24) is 14.7 Å². The molecule has 3 aromatic carbocycles. The third-order valence-electron chi connectivity index (χ3n) is 8.39. The Kier molecular flexibility index (Phi) is 6.26. The topological polar surface area (TPSA) is 78.0 Å². The number of nitrogens with zero attached hydrogens (tertiary/aromatic N) is 3. The third-order valence-corrected chi connectivity index (χ3v) is 8.64. The normalized spacial score (nSPS) is 25.8. The van der Waals surface area contributed by atoms with Crippen LogP contribution in [-0.4, -0.2) is 63.0 Å². The van der Waals surface area contributed by atoms with E-state index >= 15 is 0 Å². The van der Waals surface area contributed by atoms with E-state index in [-0.39, 0.29) is 37.2 Å². The molecule has 3 aliphatic rings. The first-order valence-corrected chi connectivity index (χ1v) is 13.6. The molecule has 0 radical (unpaired) electrons. The highest BCUT2D eigenvalue weighted by Gasteiger charge is 2.75. The zero-order valence-electron chi connectivity index (χ0n) is 21.5. The van der Waals surface area contributed by atoms with Gasteiger partial charge in [-0.2, -0.15) is 0 Å². The van der Waals surface area contributed by atoms with E-state index in [4.69, 9.17) is 11.6 Å². The van der Waals surface area contributed by atoms with E-state index in [0.717, 1.165) is 11.1 Å². The van der Waals surface area contributed by atoms with Gasteiger partial charge in [0.05, 0.1) is 24.4 Å². The fourth-order valence-corrected chi connectivity index (χ4v) is 6.82. The van der Waals surface area contributed by atoms with Gasteiger partial charge in [-0.1, -0.05) is 72.3 Å². The summed E-state index contributed by atoms with van der Waals surface area (Å²) in [7, 11) is 0. The lowest BCUT2D eigenvalue weighted by molar-refractivity contribution is -0.156. The molecule has 3 aliphatic heterocycles. The van der Waals surface area contributed by atoms with Gasteiger partial charge in [0.2, 0.25) is 17.7 Å². The number of carbonyl (C=O) groups excluding carboxylic acids is 4. The molecule has 0 aliphatic carbocycles. The Hall–Kier alpha value is -3.97. The van der Waals surface area contributed by atoms with Crippen molar-refractivity contribution < 1.29 is 19.2 Å².